The Labute approximate surface area is 164 Å². The third-order valence-electron chi connectivity index (χ3n) is 5.50. The topological polar surface area (TPSA) is 45.2 Å². The molecular weight excluding hydrogens is 354 g/mol. The van der Waals surface area contributed by atoms with E-state index in [1.165, 1.54) is 20.5 Å². The number of hydrogen-bond acceptors (Lipinski definition) is 4. The lowest BCUT2D eigenvalue weighted by atomic mass is 9.96. The zero-order chi connectivity index (χ0) is 19.0. The number of rotatable bonds is 3. The summed E-state index contributed by atoms with van der Waals surface area (Å²) in [5.41, 5.74) is 3.26. The highest BCUT2D eigenvalue weighted by atomic mass is 32.1. The molecule has 3 aromatic rings. The third kappa shape index (κ3) is 3.56. The van der Waals surface area contributed by atoms with Crippen molar-refractivity contribution in [2.75, 3.05) is 23.3 Å². The highest BCUT2D eigenvalue weighted by Gasteiger charge is 2.28. The van der Waals surface area contributed by atoms with Crippen molar-refractivity contribution >= 4 is 38.8 Å². The van der Waals surface area contributed by atoms with Gasteiger partial charge in [0, 0.05) is 39.9 Å². The van der Waals surface area contributed by atoms with Gasteiger partial charge in [-0.25, -0.2) is 4.98 Å². The van der Waals surface area contributed by atoms with Crippen LogP contribution in [0.1, 0.15) is 28.8 Å². The number of fused-ring (bicyclic) bond motifs is 1. The number of nitrogens with one attached hydrogen (secondary N) is 1. The summed E-state index contributed by atoms with van der Waals surface area (Å²) in [6, 6.07) is 10.3. The number of carbonyl (C=O) groups is 1. The van der Waals surface area contributed by atoms with Crippen molar-refractivity contribution < 1.29 is 4.79 Å². The SMILES string of the molecule is Cc1cc2c(N3CCCC(C(=O)Nc4cccc(C)c4C)C3)nccc2s1. The summed E-state index contributed by atoms with van der Waals surface area (Å²) in [5.74, 6) is 1.11. The largest absolute Gasteiger partial charge is 0.355 e. The van der Waals surface area contributed by atoms with Gasteiger partial charge in [0.15, 0.2) is 0 Å². The van der Waals surface area contributed by atoms with Gasteiger partial charge in [-0.15, -0.1) is 11.3 Å². The number of anilines is 2. The molecule has 0 aliphatic carbocycles. The standard InChI is InChI=1S/C22H25N3OS/c1-14-6-4-8-19(16(14)3)24-22(26)17-7-5-11-25(13-17)21-18-12-15(2)27-20(18)9-10-23-21/h4,6,8-10,12,17H,5,7,11,13H2,1-3H3,(H,24,26). The molecule has 2 aromatic heterocycles. The molecule has 0 radical (unpaired) electrons. The predicted octanol–water partition coefficient (Wildman–Crippen LogP) is 5.08. The first-order valence-corrected chi connectivity index (χ1v) is 10.3. The Morgan fingerprint density at radius 3 is 2.96 bits per heavy atom. The fourth-order valence-corrected chi connectivity index (χ4v) is 4.75. The van der Waals surface area contributed by atoms with Crippen LogP contribution in [0.3, 0.4) is 0 Å². The lowest BCUT2D eigenvalue weighted by molar-refractivity contribution is -0.120. The number of carbonyl (C=O) groups excluding carboxylic acids is 1. The van der Waals surface area contributed by atoms with E-state index in [0.29, 0.717) is 0 Å². The van der Waals surface area contributed by atoms with Crippen LogP contribution in [0.2, 0.25) is 0 Å². The average Bonchev–Trinajstić information content (AvgIpc) is 3.05. The minimum Gasteiger partial charge on any atom is -0.355 e. The summed E-state index contributed by atoms with van der Waals surface area (Å²) in [6.07, 6.45) is 3.81. The van der Waals surface area contributed by atoms with Gasteiger partial charge in [-0.2, -0.15) is 0 Å². The number of aromatic nitrogens is 1. The minimum absolute atomic E-state index is 0.0181. The first kappa shape index (κ1) is 18.0. The Kier molecular flexibility index (Phi) is 4.87. The van der Waals surface area contributed by atoms with Crippen LogP contribution in [0.15, 0.2) is 36.5 Å². The molecule has 1 saturated heterocycles. The summed E-state index contributed by atoms with van der Waals surface area (Å²) >= 11 is 1.80. The van der Waals surface area contributed by atoms with Crippen molar-refractivity contribution in [3.05, 3.63) is 52.5 Å². The molecule has 0 bridgehead atoms. The minimum atomic E-state index is -0.0181. The maximum Gasteiger partial charge on any atom is 0.229 e. The Bertz CT molecular complexity index is 994. The molecule has 1 unspecified atom stereocenters. The molecule has 5 heteroatoms. The van der Waals surface area contributed by atoms with Gasteiger partial charge in [0.25, 0.3) is 0 Å². The molecule has 1 fully saturated rings. The van der Waals surface area contributed by atoms with Crippen LogP contribution in [0.4, 0.5) is 11.5 Å². The molecule has 1 amide bonds. The lowest BCUT2D eigenvalue weighted by Crippen LogP contribution is -2.41. The number of thiophene rings is 1. The number of nitrogens with zero attached hydrogens (tertiary/aromatic N) is 2. The van der Waals surface area contributed by atoms with Gasteiger partial charge < -0.3 is 10.2 Å². The third-order valence-corrected chi connectivity index (χ3v) is 6.52. The summed E-state index contributed by atoms with van der Waals surface area (Å²) in [4.78, 5) is 21.1. The van der Waals surface area contributed by atoms with Crippen LogP contribution in [-0.2, 0) is 4.79 Å². The highest BCUT2D eigenvalue weighted by Crippen LogP contribution is 2.33. The van der Waals surface area contributed by atoms with Crippen molar-refractivity contribution in [2.45, 2.75) is 33.6 Å². The first-order chi connectivity index (χ1) is 13.0. The molecule has 1 atom stereocenters. The zero-order valence-corrected chi connectivity index (χ0v) is 16.9. The Morgan fingerprint density at radius 2 is 2.11 bits per heavy atom. The van der Waals surface area contributed by atoms with Crippen LogP contribution in [-0.4, -0.2) is 24.0 Å². The summed E-state index contributed by atoms with van der Waals surface area (Å²) in [6.45, 7) is 7.93. The number of pyridine rings is 1. The van der Waals surface area contributed by atoms with E-state index in [1.54, 1.807) is 11.3 Å². The zero-order valence-electron chi connectivity index (χ0n) is 16.1. The van der Waals surface area contributed by atoms with Gasteiger partial charge in [0.1, 0.15) is 5.82 Å². The molecule has 1 aliphatic heterocycles. The molecular formula is C22H25N3OS. The quantitative estimate of drug-likeness (QED) is 0.690. The molecule has 0 spiro atoms. The monoisotopic (exact) mass is 379 g/mol. The van der Waals surface area contributed by atoms with Crippen LogP contribution < -0.4 is 10.2 Å². The van der Waals surface area contributed by atoms with Gasteiger partial charge in [-0.05, 0) is 62.9 Å². The van der Waals surface area contributed by atoms with Crippen molar-refractivity contribution in [1.29, 1.82) is 0 Å². The molecule has 140 valence electrons. The number of benzene rings is 1. The van der Waals surface area contributed by atoms with E-state index >= 15 is 0 Å². The predicted molar refractivity (Wildman–Crippen MR) is 114 cm³/mol. The second-order valence-corrected chi connectivity index (χ2v) is 8.71. The molecule has 3 heterocycles. The highest BCUT2D eigenvalue weighted by molar-refractivity contribution is 7.19. The maximum absolute atomic E-state index is 12.9. The second-order valence-electron chi connectivity index (χ2n) is 7.43. The van der Waals surface area contributed by atoms with Crippen molar-refractivity contribution in [2.24, 2.45) is 5.92 Å². The van der Waals surface area contributed by atoms with Crippen molar-refractivity contribution in [1.82, 2.24) is 4.98 Å². The summed E-state index contributed by atoms with van der Waals surface area (Å²) < 4.78 is 1.26. The van der Waals surface area contributed by atoms with E-state index in [-0.39, 0.29) is 11.8 Å². The van der Waals surface area contributed by atoms with E-state index in [1.807, 2.05) is 18.3 Å². The lowest BCUT2D eigenvalue weighted by Gasteiger charge is -2.33. The first-order valence-electron chi connectivity index (χ1n) is 9.50. The van der Waals surface area contributed by atoms with Gasteiger partial charge in [-0.3, -0.25) is 4.79 Å². The summed E-state index contributed by atoms with van der Waals surface area (Å²) in [7, 11) is 0. The van der Waals surface area contributed by atoms with E-state index in [2.05, 4.69) is 54.2 Å². The number of hydrogen-bond donors (Lipinski definition) is 1. The number of piperidine rings is 1. The van der Waals surface area contributed by atoms with Gasteiger partial charge in [0.05, 0.1) is 5.92 Å². The molecule has 1 N–H and O–H groups in total. The fourth-order valence-electron chi connectivity index (χ4n) is 3.83. The Balaban J connectivity index is 1.54. The molecule has 0 saturated carbocycles. The van der Waals surface area contributed by atoms with Crippen molar-refractivity contribution in [3.8, 4) is 0 Å². The Hall–Kier alpha value is -2.40. The second kappa shape index (κ2) is 7.31. The van der Waals surface area contributed by atoms with Crippen LogP contribution in [0, 0.1) is 26.7 Å². The molecule has 1 aromatic carbocycles. The van der Waals surface area contributed by atoms with E-state index in [0.717, 1.165) is 43.0 Å². The van der Waals surface area contributed by atoms with E-state index < -0.39 is 0 Å². The normalized spacial score (nSPS) is 17.3. The van der Waals surface area contributed by atoms with Gasteiger partial charge in [0.2, 0.25) is 5.91 Å². The fraction of sp³-hybridized carbons (Fsp3) is 0.364. The smallest absolute Gasteiger partial charge is 0.229 e. The Morgan fingerprint density at radius 1 is 1.26 bits per heavy atom. The van der Waals surface area contributed by atoms with E-state index in [4.69, 9.17) is 0 Å². The van der Waals surface area contributed by atoms with Gasteiger partial charge >= 0.3 is 0 Å². The molecule has 1 aliphatic rings. The molecule has 27 heavy (non-hydrogen) atoms. The average molecular weight is 380 g/mol. The van der Waals surface area contributed by atoms with Gasteiger partial charge in [-0.1, -0.05) is 12.1 Å². The van der Waals surface area contributed by atoms with Crippen LogP contribution >= 0.6 is 11.3 Å². The van der Waals surface area contributed by atoms with Crippen molar-refractivity contribution in [3.63, 3.8) is 0 Å². The molecule has 4 nitrogen and oxygen atoms in total. The maximum atomic E-state index is 12.9. The van der Waals surface area contributed by atoms with Crippen LogP contribution in [0.25, 0.3) is 10.1 Å². The number of amides is 1. The molecule has 4 rings (SSSR count). The van der Waals surface area contributed by atoms with E-state index in [9.17, 15) is 4.79 Å². The summed E-state index contributed by atoms with van der Waals surface area (Å²) in [5, 5.41) is 4.35. The van der Waals surface area contributed by atoms with Crippen LogP contribution in [0.5, 0.6) is 0 Å². The number of aryl methyl sites for hydroxylation is 2.